The van der Waals surface area contributed by atoms with Crippen molar-refractivity contribution in [1.29, 1.82) is 0 Å². The van der Waals surface area contributed by atoms with Gasteiger partial charge in [0.05, 0.1) is 23.4 Å². The molecule has 0 aliphatic carbocycles. The van der Waals surface area contributed by atoms with Crippen LogP contribution in [0.3, 0.4) is 0 Å². The molecule has 1 fully saturated rings. The van der Waals surface area contributed by atoms with Crippen molar-refractivity contribution in [2.24, 2.45) is 0 Å². The lowest BCUT2D eigenvalue weighted by Gasteiger charge is -2.30. The number of likely N-dealkylation sites (tertiary alicyclic amines) is 1. The molecular weight excluding hydrogens is 376 g/mol. The fraction of sp³-hybridized carbons (Fsp3) is 0.333. The summed E-state index contributed by atoms with van der Waals surface area (Å²) in [5, 5.41) is 1.10. The number of fused-ring (bicyclic) bond motifs is 1. The molecule has 1 saturated heterocycles. The monoisotopic (exact) mass is 396 g/mol. The molecule has 28 heavy (non-hydrogen) atoms. The molecule has 3 heterocycles. The number of H-pyrrole nitrogens is 1. The topological polar surface area (TPSA) is 79.0 Å². The molecule has 0 radical (unpaired) electrons. The van der Waals surface area contributed by atoms with Crippen LogP contribution in [-0.4, -0.2) is 38.3 Å². The van der Waals surface area contributed by atoms with Gasteiger partial charge in [-0.2, -0.15) is 0 Å². The van der Waals surface area contributed by atoms with Crippen molar-refractivity contribution in [2.75, 3.05) is 6.54 Å². The van der Waals surface area contributed by atoms with Gasteiger partial charge in [0.1, 0.15) is 5.69 Å². The minimum atomic E-state index is -0.273. The van der Waals surface area contributed by atoms with Gasteiger partial charge < -0.3 is 9.88 Å². The van der Waals surface area contributed by atoms with Crippen LogP contribution in [0.2, 0.25) is 5.02 Å². The maximum atomic E-state index is 13.3. The smallest absolute Gasteiger partial charge is 0.272 e. The second-order valence-electron chi connectivity index (χ2n) is 7.12. The summed E-state index contributed by atoms with van der Waals surface area (Å²) in [4.78, 5) is 38.2. The first kappa shape index (κ1) is 18.6. The standard InChI is InChI=1S/C21H21ClN4O2/c22-17-8-4-3-6-14(17)10-15-7-2-1-5-9-26(15)21(28)18-11-16-19(12-23-18)24-13-25-20(16)27/h3-4,6,8,11-13,15H,1-2,5,7,9-10H2,(H,24,25,27). The van der Waals surface area contributed by atoms with Crippen molar-refractivity contribution in [2.45, 2.75) is 38.1 Å². The summed E-state index contributed by atoms with van der Waals surface area (Å²) in [6.07, 6.45) is 7.58. The second-order valence-corrected chi connectivity index (χ2v) is 7.52. The molecule has 7 heteroatoms. The van der Waals surface area contributed by atoms with Gasteiger partial charge in [0, 0.05) is 17.6 Å². The minimum Gasteiger partial charge on any atom is -0.334 e. The molecular formula is C21H21ClN4O2. The number of amides is 1. The summed E-state index contributed by atoms with van der Waals surface area (Å²) >= 11 is 6.35. The average Bonchev–Trinajstić information content (AvgIpc) is 2.95. The van der Waals surface area contributed by atoms with Gasteiger partial charge in [-0.3, -0.25) is 9.59 Å². The lowest BCUT2D eigenvalue weighted by molar-refractivity contribution is 0.0676. The molecule has 1 aliphatic heterocycles. The minimum absolute atomic E-state index is 0.0552. The largest absolute Gasteiger partial charge is 0.334 e. The molecule has 1 unspecified atom stereocenters. The van der Waals surface area contributed by atoms with E-state index >= 15 is 0 Å². The summed E-state index contributed by atoms with van der Waals surface area (Å²) < 4.78 is 0. The first-order chi connectivity index (χ1) is 13.6. The summed E-state index contributed by atoms with van der Waals surface area (Å²) in [5.74, 6) is -0.149. The van der Waals surface area contributed by atoms with E-state index in [4.69, 9.17) is 11.6 Å². The fourth-order valence-corrected chi connectivity index (χ4v) is 4.02. The number of hydrogen-bond donors (Lipinski definition) is 1. The lowest BCUT2D eigenvalue weighted by atomic mass is 10.0. The van der Waals surface area contributed by atoms with E-state index in [1.54, 1.807) is 6.07 Å². The number of aromatic amines is 1. The number of hydrogen-bond acceptors (Lipinski definition) is 4. The zero-order chi connectivity index (χ0) is 19.5. The third kappa shape index (κ3) is 3.78. The van der Waals surface area contributed by atoms with Crippen LogP contribution in [-0.2, 0) is 6.42 Å². The Bertz CT molecular complexity index is 1070. The van der Waals surface area contributed by atoms with Crippen molar-refractivity contribution >= 4 is 28.4 Å². The quantitative estimate of drug-likeness (QED) is 0.733. The molecule has 0 spiro atoms. The number of carbonyl (C=O) groups is 1. The van der Waals surface area contributed by atoms with Crippen LogP contribution in [0.5, 0.6) is 0 Å². The van der Waals surface area contributed by atoms with Crippen LogP contribution in [0.25, 0.3) is 10.9 Å². The average molecular weight is 397 g/mol. The number of carbonyl (C=O) groups excluding carboxylic acids is 1. The van der Waals surface area contributed by atoms with Gasteiger partial charge in [0.15, 0.2) is 0 Å². The van der Waals surface area contributed by atoms with E-state index in [0.717, 1.165) is 36.3 Å². The highest BCUT2D eigenvalue weighted by Crippen LogP contribution is 2.25. The zero-order valence-electron chi connectivity index (χ0n) is 15.4. The zero-order valence-corrected chi connectivity index (χ0v) is 16.2. The molecule has 2 aromatic heterocycles. The number of rotatable bonds is 3. The van der Waals surface area contributed by atoms with E-state index in [-0.39, 0.29) is 23.2 Å². The van der Waals surface area contributed by atoms with Gasteiger partial charge >= 0.3 is 0 Å². The number of benzene rings is 1. The molecule has 6 nitrogen and oxygen atoms in total. The number of nitrogens with zero attached hydrogens (tertiary/aromatic N) is 3. The Morgan fingerprint density at radius 1 is 1.21 bits per heavy atom. The van der Waals surface area contributed by atoms with Crippen LogP contribution in [0.1, 0.15) is 41.7 Å². The molecule has 0 bridgehead atoms. The third-order valence-corrected chi connectivity index (χ3v) is 5.67. The maximum absolute atomic E-state index is 13.3. The highest BCUT2D eigenvalue weighted by Gasteiger charge is 2.28. The van der Waals surface area contributed by atoms with Crippen molar-refractivity contribution in [3.63, 3.8) is 0 Å². The molecule has 1 atom stereocenters. The van der Waals surface area contributed by atoms with E-state index in [9.17, 15) is 9.59 Å². The lowest BCUT2D eigenvalue weighted by Crippen LogP contribution is -2.41. The Morgan fingerprint density at radius 3 is 2.93 bits per heavy atom. The van der Waals surface area contributed by atoms with E-state index in [1.807, 2.05) is 29.2 Å². The highest BCUT2D eigenvalue weighted by atomic mass is 35.5. The third-order valence-electron chi connectivity index (χ3n) is 5.30. The molecule has 1 amide bonds. The molecule has 4 rings (SSSR count). The van der Waals surface area contributed by atoms with E-state index in [1.165, 1.54) is 12.5 Å². The number of aromatic nitrogens is 3. The Kier molecular flexibility index (Phi) is 5.39. The molecule has 3 aromatic rings. The summed E-state index contributed by atoms with van der Waals surface area (Å²) in [6, 6.07) is 9.36. The Morgan fingerprint density at radius 2 is 2.07 bits per heavy atom. The van der Waals surface area contributed by atoms with Crippen molar-refractivity contribution in [3.05, 3.63) is 69.5 Å². The highest BCUT2D eigenvalue weighted by molar-refractivity contribution is 6.31. The van der Waals surface area contributed by atoms with Crippen molar-refractivity contribution in [1.82, 2.24) is 19.9 Å². The first-order valence-electron chi connectivity index (χ1n) is 9.51. The van der Waals surface area contributed by atoms with Crippen molar-refractivity contribution < 1.29 is 4.79 Å². The van der Waals surface area contributed by atoms with Gasteiger partial charge in [0.25, 0.3) is 11.5 Å². The van der Waals surface area contributed by atoms with Gasteiger partial charge in [0.2, 0.25) is 0 Å². The Balaban J connectivity index is 1.66. The summed E-state index contributed by atoms with van der Waals surface area (Å²) in [6.45, 7) is 0.678. The van der Waals surface area contributed by atoms with Gasteiger partial charge in [-0.1, -0.05) is 42.6 Å². The normalized spacial score (nSPS) is 17.5. The number of nitrogens with one attached hydrogen (secondary N) is 1. The van der Waals surface area contributed by atoms with Gasteiger partial charge in [-0.25, -0.2) is 9.97 Å². The van der Waals surface area contributed by atoms with E-state index in [0.29, 0.717) is 23.9 Å². The predicted octanol–water partition coefficient (Wildman–Crippen LogP) is 3.60. The predicted molar refractivity (Wildman–Crippen MR) is 109 cm³/mol. The first-order valence-corrected chi connectivity index (χ1v) is 9.89. The van der Waals surface area contributed by atoms with Crippen LogP contribution < -0.4 is 5.56 Å². The van der Waals surface area contributed by atoms with Gasteiger partial charge in [-0.05, 0) is 37.0 Å². The van der Waals surface area contributed by atoms with Crippen LogP contribution in [0, 0.1) is 0 Å². The van der Waals surface area contributed by atoms with Gasteiger partial charge in [-0.15, -0.1) is 0 Å². The summed E-state index contributed by atoms with van der Waals surface area (Å²) in [5.41, 5.74) is 1.52. The fourth-order valence-electron chi connectivity index (χ4n) is 3.81. The molecule has 1 aromatic carbocycles. The summed E-state index contributed by atoms with van der Waals surface area (Å²) in [7, 11) is 0. The molecule has 0 saturated carbocycles. The SMILES string of the molecule is O=C(c1cc2c(=O)[nH]cnc2cn1)N1CCCCCC1Cc1ccccc1Cl. The second kappa shape index (κ2) is 8.10. The van der Waals surface area contributed by atoms with Crippen molar-refractivity contribution in [3.8, 4) is 0 Å². The Labute approximate surface area is 167 Å². The number of halogens is 1. The maximum Gasteiger partial charge on any atom is 0.272 e. The Hall–Kier alpha value is -2.73. The van der Waals surface area contributed by atoms with E-state index in [2.05, 4.69) is 15.0 Å². The van der Waals surface area contributed by atoms with Crippen LogP contribution in [0.4, 0.5) is 0 Å². The van der Waals surface area contributed by atoms with Crippen LogP contribution >= 0.6 is 11.6 Å². The molecule has 144 valence electrons. The number of pyridine rings is 1. The molecule has 1 N–H and O–H groups in total. The molecule has 1 aliphatic rings. The van der Waals surface area contributed by atoms with Crippen LogP contribution in [0.15, 0.2) is 47.7 Å². The van der Waals surface area contributed by atoms with E-state index < -0.39 is 0 Å².